The fourth-order valence-corrected chi connectivity index (χ4v) is 1.25. The summed E-state index contributed by atoms with van der Waals surface area (Å²) in [6.45, 7) is 1.71. The first-order chi connectivity index (χ1) is 7.95. The first kappa shape index (κ1) is 13.1. The summed E-state index contributed by atoms with van der Waals surface area (Å²) in [4.78, 5) is 24.1. The molecule has 0 aliphatic carbocycles. The molecular weight excluding hydrogens is 236 g/mol. The number of carbonyl (C=O) groups is 1. The van der Waals surface area contributed by atoms with Gasteiger partial charge in [0.1, 0.15) is 0 Å². The van der Waals surface area contributed by atoms with Crippen molar-refractivity contribution in [3.63, 3.8) is 0 Å². The highest BCUT2D eigenvalue weighted by Crippen LogP contribution is 2.20. The second-order valence-corrected chi connectivity index (χ2v) is 3.21. The summed E-state index contributed by atoms with van der Waals surface area (Å²) in [6.07, 6.45) is -3.31. The van der Waals surface area contributed by atoms with E-state index in [4.69, 9.17) is 0 Å². The van der Waals surface area contributed by atoms with Crippen LogP contribution in [-0.4, -0.2) is 22.7 Å². The van der Waals surface area contributed by atoms with Crippen molar-refractivity contribution in [3.8, 4) is 5.75 Å². The van der Waals surface area contributed by atoms with Gasteiger partial charge in [0.25, 0.3) is 12.0 Å². The maximum Gasteiger partial charge on any atom is 0.310 e. The molecular formula is C10H11F2NO4. The van der Waals surface area contributed by atoms with Gasteiger partial charge in [-0.15, -0.1) is 0 Å². The number of rotatable bonds is 4. The molecule has 0 saturated carbocycles. The van der Waals surface area contributed by atoms with Crippen molar-refractivity contribution in [2.75, 3.05) is 6.61 Å². The van der Waals surface area contributed by atoms with E-state index in [-0.39, 0.29) is 12.2 Å². The van der Waals surface area contributed by atoms with Crippen molar-refractivity contribution in [3.05, 3.63) is 27.7 Å². The second kappa shape index (κ2) is 5.42. The zero-order valence-electron chi connectivity index (χ0n) is 9.00. The molecule has 0 atom stereocenters. The molecule has 0 aliphatic rings. The fraction of sp³-hybridized carbons (Fsp3) is 0.400. The molecule has 5 nitrogen and oxygen atoms in total. The number of halogens is 2. The highest BCUT2D eigenvalue weighted by Gasteiger charge is 2.16. The molecule has 0 saturated heterocycles. The summed E-state index contributed by atoms with van der Waals surface area (Å²) in [5.41, 5.74) is -1.88. The maximum atomic E-state index is 12.4. The lowest BCUT2D eigenvalue weighted by molar-refractivity contribution is -0.142. The van der Waals surface area contributed by atoms with E-state index in [2.05, 4.69) is 4.74 Å². The van der Waals surface area contributed by atoms with Crippen molar-refractivity contribution >= 4 is 5.97 Å². The average Bonchev–Trinajstić information content (AvgIpc) is 2.24. The Hall–Kier alpha value is -1.92. The summed E-state index contributed by atoms with van der Waals surface area (Å²) in [6, 6.07) is 0.873. The van der Waals surface area contributed by atoms with E-state index in [1.807, 2.05) is 4.98 Å². The summed E-state index contributed by atoms with van der Waals surface area (Å²) in [7, 11) is 0. The van der Waals surface area contributed by atoms with E-state index in [0.29, 0.717) is 0 Å². The Balaban J connectivity index is 3.06. The minimum atomic E-state index is -2.88. The quantitative estimate of drug-likeness (QED) is 0.781. The molecule has 1 heterocycles. The van der Waals surface area contributed by atoms with Crippen LogP contribution in [0.15, 0.2) is 10.9 Å². The van der Waals surface area contributed by atoms with Crippen LogP contribution >= 0.6 is 0 Å². The Kier molecular flexibility index (Phi) is 4.19. The normalized spacial score (nSPS) is 10.6. The number of alkyl halides is 2. The molecule has 2 N–H and O–H groups in total. The molecule has 1 rings (SSSR count). The second-order valence-electron chi connectivity index (χ2n) is 3.21. The molecule has 7 heteroatoms. The van der Waals surface area contributed by atoms with Crippen LogP contribution in [0.1, 0.15) is 24.6 Å². The summed E-state index contributed by atoms with van der Waals surface area (Å²) < 4.78 is 29.3. The van der Waals surface area contributed by atoms with Gasteiger partial charge in [-0.3, -0.25) is 9.59 Å². The van der Waals surface area contributed by atoms with Gasteiger partial charge in [-0.2, -0.15) is 0 Å². The topological polar surface area (TPSA) is 79.4 Å². The minimum Gasteiger partial charge on any atom is -0.503 e. The van der Waals surface area contributed by atoms with Gasteiger partial charge < -0.3 is 14.8 Å². The number of H-pyrrole nitrogens is 1. The van der Waals surface area contributed by atoms with Crippen LogP contribution in [0.25, 0.3) is 0 Å². The van der Waals surface area contributed by atoms with Crippen LogP contribution in [0.4, 0.5) is 8.78 Å². The molecule has 1 aromatic rings. The number of hydrogen-bond donors (Lipinski definition) is 2. The van der Waals surface area contributed by atoms with Gasteiger partial charge in [0.05, 0.1) is 18.7 Å². The largest absolute Gasteiger partial charge is 0.503 e. The zero-order valence-corrected chi connectivity index (χ0v) is 9.00. The Morgan fingerprint density at radius 2 is 2.24 bits per heavy atom. The van der Waals surface area contributed by atoms with Crippen LogP contribution in [0.2, 0.25) is 0 Å². The van der Waals surface area contributed by atoms with Gasteiger partial charge in [-0.05, 0) is 13.0 Å². The van der Waals surface area contributed by atoms with Crippen molar-refractivity contribution in [1.29, 1.82) is 0 Å². The molecule has 0 aromatic carbocycles. The van der Waals surface area contributed by atoms with Gasteiger partial charge in [0, 0.05) is 5.56 Å². The van der Waals surface area contributed by atoms with Crippen LogP contribution in [0, 0.1) is 0 Å². The highest BCUT2D eigenvalue weighted by molar-refractivity contribution is 5.73. The van der Waals surface area contributed by atoms with Crippen LogP contribution < -0.4 is 5.56 Å². The number of esters is 1. The van der Waals surface area contributed by atoms with E-state index < -0.39 is 35.8 Å². The van der Waals surface area contributed by atoms with Crippen molar-refractivity contribution in [1.82, 2.24) is 4.98 Å². The first-order valence-electron chi connectivity index (χ1n) is 4.84. The molecule has 17 heavy (non-hydrogen) atoms. The van der Waals surface area contributed by atoms with E-state index in [1.54, 1.807) is 6.92 Å². The van der Waals surface area contributed by atoms with E-state index in [0.717, 1.165) is 6.07 Å². The van der Waals surface area contributed by atoms with Crippen LogP contribution in [0.5, 0.6) is 5.75 Å². The van der Waals surface area contributed by atoms with Crippen molar-refractivity contribution in [2.45, 2.75) is 19.8 Å². The van der Waals surface area contributed by atoms with Crippen LogP contribution in [-0.2, 0) is 16.0 Å². The number of nitrogens with one attached hydrogen (secondary N) is 1. The molecule has 0 spiro atoms. The third-order valence-electron chi connectivity index (χ3n) is 1.98. The Bertz CT molecular complexity index is 470. The zero-order chi connectivity index (χ0) is 13.0. The molecule has 0 amide bonds. The monoisotopic (exact) mass is 247 g/mol. The molecule has 0 aliphatic heterocycles. The average molecular weight is 247 g/mol. The smallest absolute Gasteiger partial charge is 0.310 e. The number of aromatic amines is 1. The third-order valence-corrected chi connectivity index (χ3v) is 1.98. The number of carbonyl (C=O) groups excluding carboxylic acids is 1. The lowest BCUT2D eigenvalue weighted by atomic mass is 10.1. The first-order valence-corrected chi connectivity index (χ1v) is 4.84. The number of hydrogen-bond acceptors (Lipinski definition) is 4. The Morgan fingerprint density at radius 1 is 1.59 bits per heavy atom. The van der Waals surface area contributed by atoms with Gasteiger partial charge in [-0.25, -0.2) is 8.78 Å². The number of ether oxygens (including phenoxy) is 1. The molecule has 0 unspecified atom stereocenters. The van der Waals surface area contributed by atoms with Crippen LogP contribution in [0.3, 0.4) is 0 Å². The number of aromatic hydroxyl groups is 1. The van der Waals surface area contributed by atoms with E-state index in [1.165, 1.54) is 0 Å². The lowest BCUT2D eigenvalue weighted by Crippen LogP contribution is -2.15. The SMILES string of the molecule is CCOC(=O)Cc1cc(C(F)F)[nH]c(=O)c1O. The standard InChI is InChI=1S/C10H11F2NO4/c1-2-17-7(14)4-5-3-6(9(11)12)13-10(16)8(5)15/h3,9,15H,2,4H2,1H3,(H,13,16). The summed E-state index contributed by atoms with van der Waals surface area (Å²) >= 11 is 0. The van der Waals surface area contributed by atoms with Gasteiger partial charge in [0.15, 0.2) is 5.75 Å². The van der Waals surface area contributed by atoms with Gasteiger partial charge in [-0.1, -0.05) is 0 Å². The molecule has 0 radical (unpaired) electrons. The Morgan fingerprint density at radius 3 is 2.76 bits per heavy atom. The van der Waals surface area contributed by atoms with Crippen molar-refractivity contribution in [2.24, 2.45) is 0 Å². The van der Waals surface area contributed by atoms with Gasteiger partial charge >= 0.3 is 5.97 Å². The predicted octanol–water partition coefficient (Wildman–Crippen LogP) is 1.12. The maximum absolute atomic E-state index is 12.4. The fourth-order valence-electron chi connectivity index (χ4n) is 1.25. The molecule has 1 aromatic heterocycles. The summed E-state index contributed by atoms with van der Waals surface area (Å²) in [5, 5.41) is 9.32. The van der Waals surface area contributed by atoms with E-state index >= 15 is 0 Å². The number of aromatic nitrogens is 1. The lowest BCUT2D eigenvalue weighted by Gasteiger charge is -2.06. The third kappa shape index (κ3) is 3.27. The molecule has 0 bridgehead atoms. The number of pyridine rings is 1. The molecule has 0 fully saturated rings. The Labute approximate surface area is 95.0 Å². The summed E-state index contributed by atoms with van der Waals surface area (Å²) in [5.74, 6) is -1.45. The minimum absolute atomic E-state index is 0.129. The predicted molar refractivity (Wildman–Crippen MR) is 54.0 cm³/mol. The molecule has 94 valence electrons. The van der Waals surface area contributed by atoms with E-state index in [9.17, 15) is 23.5 Å². The van der Waals surface area contributed by atoms with Crippen molar-refractivity contribution < 1.29 is 23.4 Å². The van der Waals surface area contributed by atoms with Gasteiger partial charge in [0.2, 0.25) is 0 Å². The highest BCUT2D eigenvalue weighted by atomic mass is 19.3.